The standard InChI is InChI=1S/C24H19N3O/c25-14-17-10-12-19(13-11-17)24(28)27-15-21(18-6-2-1-3-7-18)22-16-26-23-9-5-4-8-20(22)23/h1-13,16,21,26H,15H2,(H,27,28). The van der Waals surface area contributed by atoms with E-state index in [0.29, 0.717) is 17.7 Å². The van der Waals surface area contributed by atoms with Gasteiger partial charge in [0.1, 0.15) is 0 Å². The van der Waals surface area contributed by atoms with Gasteiger partial charge >= 0.3 is 0 Å². The third-order valence-electron chi connectivity index (χ3n) is 4.94. The van der Waals surface area contributed by atoms with Crippen LogP contribution in [0.1, 0.15) is 33.0 Å². The first-order chi connectivity index (χ1) is 13.8. The van der Waals surface area contributed by atoms with Crippen LogP contribution >= 0.6 is 0 Å². The van der Waals surface area contributed by atoms with E-state index >= 15 is 0 Å². The summed E-state index contributed by atoms with van der Waals surface area (Å²) in [6, 6.07) is 27.1. The van der Waals surface area contributed by atoms with E-state index in [2.05, 4.69) is 40.6 Å². The summed E-state index contributed by atoms with van der Waals surface area (Å²) in [5.41, 5.74) is 4.47. The Morgan fingerprint density at radius 3 is 2.43 bits per heavy atom. The molecule has 4 rings (SSSR count). The van der Waals surface area contributed by atoms with Crippen LogP contribution in [0.25, 0.3) is 10.9 Å². The molecule has 136 valence electrons. The number of fused-ring (bicyclic) bond motifs is 1. The topological polar surface area (TPSA) is 68.7 Å². The number of para-hydroxylation sites is 1. The molecule has 1 aromatic heterocycles. The second kappa shape index (κ2) is 7.81. The highest BCUT2D eigenvalue weighted by atomic mass is 16.1. The Labute approximate surface area is 163 Å². The lowest BCUT2D eigenvalue weighted by atomic mass is 9.91. The van der Waals surface area contributed by atoms with Crippen molar-refractivity contribution < 1.29 is 4.79 Å². The van der Waals surface area contributed by atoms with Crippen molar-refractivity contribution in [1.82, 2.24) is 10.3 Å². The van der Waals surface area contributed by atoms with Gasteiger partial charge in [-0.25, -0.2) is 0 Å². The van der Waals surface area contributed by atoms with Gasteiger partial charge in [0.2, 0.25) is 0 Å². The molecule has 4 heteroatoms. The van der Waals surface area contributed by atoms with Crippen LogP contribution in [0, 0.1) is 11.3 Å². The van der Waals surface area contributed by atoms with E-state index in [1.165, 1.54) is 0 Å². The molecule has 0 aliphatic carbocycles. The van der Waals surface area contributed by atoms with Crippen LogP contribution in [0.5, 0.6) is 0 Å². The molecule has 1 amide bonds. The molecular formula is C24H19N3O. The Kier molecular flexibility index (Phi) is 4.90. The third kappa shape index (κ3) is 3.51. The summed E-state index contributed by atoms with van der Waals surface area (Å²) in [5.74, 6) is -0.120. The molecule has 0 radical (unpaired) electrons. The highest BCUT2D eigenvalue weighted by Gasteiger charge is 2.19. The zero-order chi connectivity index (χ0) is 19.3. The molecular weight excluding hydrogens is 346 g/mol. The molecule has 0 fully saturated rings. The molecule has 2 N–H and O–H groups in total. The predicted octanol–water partition coefficient (Wildman–Crippen LogP) is 4.60. The number of carbonyl (C=O) groups is 1. The van der Waals surface area contributed by atoms with Crippen molar-refractivity contribution in [2.24, 2.45) is 0 Å². The first kappa shape index (κ1) is 17.6. The van der Waals surface area contributed by atoms with E-state index in [1.54, 1.807) is 24.3 Å². The maximum atomic E-state index is 12.6. The van der Waals surface area contributed by atoms with E-state index in [-0.39, 0.29) is 11.8 Å². The van der Waals surface area contributed by atoms with Crippen LogP contribution < -0.4 is 5.32 Å². The fourth-order valence-electron chi connectivity index (χ4n) is 3.47. The first-order valence-electron chi connectivity index (χ1n) is 9.15. The summed E-state index contributed by atoms with van der Waals surface area (Å²) in [7, 11) is 0. The summed E-state index contributed by atoms with van der Waals surface area (Å²) in [6.07, 6.45) is 2.02. The average Bonchev–Trinajstić information content (AvgIpc) is 3.19. The van der Waals surface area contributed by atoms with Gasteiger partial charge in [-0.3, -0.25) is 4.79 Å². The van der Waals surface area contributed by atoms with E-state index in [0.717, 1.165) is 22.0 Å². The number of hydrogen-bond donors (Lipinski definition) is 2. The summed E-state index contributed by atoms with van der Waals surface area (Å²) in [5, 5.41) is 13.1. The fraction of sp³-hybridized carbons (Fsp3) is 0.0833. The molecule has 28 heavy (non-hydrogen) atoms. The molecule has 4 aromatic rings. The van der Waals surface area contributed by atoms with Crippen molar-refractivity contribution in [3.8, 4) is 6.07 Å². The number of nitriles is 1. The summed E-state index contributed by atoms with van der Waals surface area (Å²) >= 11 is 0. The zero-order valence-corrected chi connectivity index (χ0v) is 15.2. The van der Waals surface area contributed by atoms with Gasteiger partial charge in [0.25, 0.3) is 5.91 Å². The lowest BCUT2D eigenvalue weighted by molar-refractivity contribution is 0.0952. The van der Waals surface area contributed by atoms with Crippen molar-refractivity contribution in [1.29, 1.82) is 5.26 Å². The van der Waals surface area contributed by atoms with Gasteiger partial charge in [0.05, 0.1) is 11.6 Å². The molecule has 3 aromatic carbocycles. The number of amides is 1. The Morgan fingerprint density at radius 1 is 0.964 bits per heavy atom. The summed E-state index contributed by atoms with van der Waals surface area (Å²) in [4.78, 5) is 15.9. The van der Waals surface area contributed by atoms with Crippen molar-refractivity contribution in [2.45, 2.75) is 5.92 Å². The van der Waals surface area contributed by atoms with Gasteiger partial charge in [-0.15, -0.1) is 0 Å². The number of carbonyl (C=O) groups excluding carboxylic acids is 1. The first-order valence-corrected chi connectivity index (χ1v) is 9.15. The van der Waals surface area contributed by atoms with Crippen LogP contribution in [0.4, 0.5) is 0 Å². The minimum atomic E-state index is -0.148. The lowest BCUT2D eigenvalue weighted by Crippen LogP contribution is -2.28. The van der Waals surface area contributed by atoms with Crippen molar-refractivity contribution in [3.05, 3.63) is 107 Å². The van der Waals surface area contributed by atoms with E-state index in [1.807, 2.05) is 36.5 Å². The van der Waals surface area contributed by atoms with Crippen molar-refractivity contribution in [3.63, 3.8) is 0 Å². The molecule has 0 spiro atoms. The Balaban J connectivity index is 1.61. The largest absolute Gasteiger partial charge is 0.361 e. The second-order valence-electron chi connectivity index (χ2n) is 6.65. The van der Waals surface area contributed by atoms with Gasteiger partial charge in [0, 0.05) is 35.1 Å². The number of aromatic nitrogens is 1. The van der Waals surface area contributed by atoms with Gasteiger partial charge in [-0.1, -0.05) is 48.5 Å². The smallest absolute Gasteiger partial charge is 0.251 e. The Hall–Kier alpha value is -3.84. The Morgan fingerprint density at radius 2 is 1.68 bits per heavy atom. The quantitative estimate of drug-likeness (QED) is 0.543. The SMILES string of the molecule is N#Cc1ccc(C(=O)NCC(c2ccccc2)c2c[nH]c3ccccc23)cc1. The van der Waals surface area contributed by atoms with Gasteiger partial charge in [-0.2, -0.15) is 5.26 Å². The molecule has 0 aliphatic heterocycles. The van der Waals surface area contributed by atoms with Crippen LogP contribution in [0.15, 0.2) is 85.1 Å². The van der Waals surface area contributed by atoms with Crippen molar-refractivity contribution >= 4 is 16.8 Å². The minimum absolute atomic E-state index is 0.0275. The number of nitrogens with one attached hydrogen (secondary N) is 2. The average molecular weight is 365 g/mol. The zero-order valence-electron chi connectivity index (χ0n) is 15.2. The second-order valence-corrected chi connectivity index (χ2v) is 6.65. The van der Waals surface area contributed by atoms with Crippen molar-refractivity contribution in [2.75, 3.05) is 6.54 Å². The van der Waals surface area contributed by atoms with Gasteiger partial charge in [-0.05, 0) is 41.5 Å². The molecule has 0 bridgehead atoms. The number of H-pyrrole nitrogens is 1. The number of nitrogens with zero attached hydrogens (tertiary/aromatic N) is 1. The molecule has 1 heterocycles. The molecule has 0 saturated heterocycles. The molecule has 0 saturated carbocycles. The van der Waals surface area contributed by atoms with Crippen LogP contribution in [0.2, 0.25) is 0 Å². The molecule has 0 aliphatic rings. The number of benzene rings is 3. The number of hydrogen-bond acceptors (Lipinski definition) is 2. The third-order valence-corrected chi connectivity index (χ3v) is 4.94. The maximum absolute atomic E-state index is 12.6. The van der Waals surface area contributed by atoms with Crippen LogP contribution in [-0.2, 0) is 0 Å². The number of aromatic amines is 1. The highest BCUT2D eigenvalue weighted by Crippen LogP contribution is 2.30. The number of rotatable bonds is 5. The maximum Gasteiger partial charge on any atom is 0.251 e. The molecule has 1 atom stereocenters. The monoisotopic (exact) mass is 365 g/mol. The van der Waals surface area contributed by atoms with E-state index in [4.69, 9.17) is 5.26 Å². The van der Waals surface area contributed by atoms with Crippen LogP contribution in [-0.4, -0.2) is 17.4 Å². The van der Waals surface area contributed by atoms with Crippen LogP contribution in [0.3, 0.4) is 0 Å². The summed E-state index contributed by atoms with van der Waals surface area (Å²) < 4.78 is 0. The molecule has 4 nitrogen and oxygen atoms in total. The highest BCUT2D eigenvalue weighted by molar-refractivity contribution is 5.94. The fourth-order valence-corrected chi connectivity index (χ4v) is 3.47. The minimum Gasteiger partial charge on any atom is -0.361 e. The predicted molar refractivity (Wildman–Crippen MR) is 110 cm³/mol. The normalized spacial score (nSPS) is 11.7. The van der Waals surface area contributed by atoms with Gasteiger partial charge < -0.3 is 10.3 Å². The lowest BCUT2D eigenvalue weighted by Gasteiger charge is -2.18. The Bertz CT molecular complexity index is 1140. The van der Waals surface area contributed by atoms with Gasteiger partial charge in [0.15, 0.2) is 0 Å². The van der Waals surface area contributed by atoms with E-state index in [9.17, 15) is 4.79 Å². The van der Waals surface area contributed by atoms with E-state index < -0.39 is 0 Å². The molecule has 1 unspecified atom stereocenters. The summed E-state index contributed by atoms with van der Waals surface area (Å²) in [6.45, 7) is 0.477.